The molecule has 0 amide bonds. The van der Waals surface area contributed by atoms with E-state index in [0.29, 0.717) is 5.56 Å². The molecule has 0 bridgehead atoms. The van der Waals surface area contributed by atoms with Crippen LogP contribution in [0.5, 0.6) is 5.75 Å². The van der Waals surface area contributed by atoms with Crippen molar-refractivity contribution >= 4 is 16.7 Å². The molecule has 3 nitrogen and oxygen atoms in total. The van der Waals surface area contributed by atoms with Gasteiger partial charge in [0.15, 0.2) is 5.60 Å². The van der Waals surface area contributed by atoms with Crippen LogP contribution in [0.3, 0.4) is 0 Å². The summed E-state index contributed by atoms with van der Waals surface area (Å²) in [7, 11) is 1.67. The summed E-state index contributed by atoms with van der Waals surface area (Å²) in [6, 6.07) is 29.5. The molecule has 0 saturated carbocycles. The number of esters is 1. The van der Waals surface area contributed by atoms with Crippen molar-refractivity contribution in [3.63, 3.8) is 0 Å². The minimum Gasteiger partial charge on any atom is -0.496 e. The first-order chi connectivity index (χ1) is 13.8. The molecule has 1 aliphatic rings. The summed E-state index contributed by atoms with van der Waals surface area (Å²) in [5.74, 6) is 0.486. The Kier molecular flexibility index (Phi) is 3.69. The summed E-state index contributed by atoms with van der Waals surface area (Å²) in [6.45, 7) is 0. The van der Waals surface area contributed by atoms with E-state index in [2.05, 4.69) is 0 Å². The Morgan fingerprint density at radius 1 is 0.714 bits per heavy atom. The van der Waals surface area contributed by atoms with Crippen LogP contribution in [0.2, 0.25) is 0 Å². The number of carbonyl (C=O) groups is 1. The highest BCUT2D eigenvalue weighted by atomic mass is 16.6. The largest absolute Gasteiger partial charge is 0.496 e. The van der Waals surface area contributed by atoms with E-state index >= 15 is 0 Å². The summed E-state index contributed by atoms with van der Waals surface area (Å²) in [4.78, 5) is 12.8. The Morgan fingerprint density at radius 3 is 2.18 bits per heavy atom. The van der Waals surface area contributed by atoms with Crippen molar-refractivity contribution in [2.75, 3.05) is 7.11 Å². The molecule has 3 heteroatoms. The van der Waals surface area contributed by atoms with Crippen molar-refractivity contribution in [1.82, 2.24) is 0 Å². The molecule has 0 N–H and O–H groups in total. The van der Waals surface area contributed by atoms with Gasteiger partial charge in [-0.3, -0.25) is 0 Å². The second-order valence-electron chi connectivity index (χ2n) is 6.84. The fraction of sp³-hybridized carbons (Fsp3) is 0.0800. The lowest BCUT2D eigenvalue weighted by Crippen LogP contribution is -2.29. The van der Waals surface area contributed by atoms with Crippen LogP contribution in [0.1, 0.15) is 27.0 Å². The third-order valence-corrected chi connectivity index (χ3v) is 5.44. The molecule has 136 valence electrons. The zero-order chi connectivity index (χ0) is 19.1. The monoisotopic (exact) mass is 366 g/mol. The van der Waals surface area contributed by atoms with Gasteiger partial charge in [-0.05, 0) is 23.6 Å². The second-order valence-corrected chi connectivity index (χ2v) is 6.84. The number of fused-ring (bicyclic) bond motifs is 2. The van der Waals surface area contributed by atoms with Gasteiger partial charge in [0, 0.05) is 22.1 Å². The summed E-state index contributed by atoms with van der Waals surface area (Å²) in [6.07, 6.45) is 0. The van der Waals surface area contributed by atoms with Gasteiger partial charge < -0.3 is 9.47 Å². The van der Waals surface area contributed by atoms with E-state index in [1.165, 1.54) is 0 Å². The van der Waals surface area contributed by atoms with Crippen molar-refractivity contribution in [3.05, 3.63) is 113 Å². The van der Waals surface area contributed by atoms with Crippen molar-refractivity contribution in [3.8, 4) is 5.75 Å². The minimum absolute atomic E-state index is 0.306. The maximum atomic E-state index is 12.8. The van der Waals surface area contributed by atoms with E-state index in [0.717, 1.165) is 33.2 Å². The molecule has 0 radical (unpaired) electrons. The highest BCUT2D eigenvalue weighted by Crippen LogP contribution is 2.49. The fourth-order valence-electron chi connectivity index (χ4n) is 4.22. The molecule has 0 unspecified atom stereocenters. The number of hydrogen-bond donors (Lipinski definition) is 0. The highest BCUT2D eigenvalue weighted by molar-refractivity contribution is 5.99. The van der Waals surface area contributed by atoms with E-state index in [1.807, 2.05) is 91.0 Å². The number of cyclic esters (lactones) is 1. The molecule has 1 heterocycles. The number of hydrogen-bond acceptors (Lipinski definition) is 3. The molecule has 0 aromatic heterocycles. The number of carbonyl (C=O) groups excluding carboxylic acids is 1. The molecule has 4 aromatic carbocycles. The van der Waals surface area contributed by atoms with Crippen molar-refractivity contribution < 1.29 is 14.3 Å². The van der Waals surface area contributed by atoms with Gasteiger partial charge in [0.2, 0.25) is 0 Å². The Morgan fingerprint density at radius 2 is 1.39 bits per heavy atom. The molecule has 0 saturated heterocycles. The molecule has 0 fully saturated rings. The Hall–Kier alpha value is -3.59. The lowest BCUT2D eigenvalue weighted by molar-refractivity contribution is 0.0256. The molecular weight excluding hydrogens is 348 g/mol. The predicted molar refractivity (Wildman–Crippen MR) is 109 cm³/mol. The third-order valence-electron chi connectivity index (χ3n) is 5.44. The predicted octanol–water partition coefficient (Wildman–Crippen LogP) is 5.31. The standard InChI is InChI=1S/C25H18O3/c1-27-23-16-15-22(18-11-5-6-12-19(18)23)25(17-9-3-2-4-10-17)21-14-8-7-13-20(21)24(26)28-25/h2-16H,1H3/t25-/m1/s1. The van der Waals surface area contributed by atoms with Gasteiger partial charge in [-0.2, -0.15) is 0 Å². The summed E-state index contributed by atoms with van der Waals surface area (Å²) in [5.41, 5.74) is 2.31. The number of methoxy groups -OCH3 is 1. The highest BCUT2D eigenvalue weighted by Gasteiger charge is 2.49. The molecule has 5 rings (SSSR count). The molecule has 1 atom stereocenters. The zero-order valence-electron chi connectivity index (χ0n) is 15.4. The van der Waals surface area contributed by atoms with Crippen molar-refractivity contribution in [2.24, 2.45) is 0 Å². The van der Waals surface area contributed by atoms with Gasteiger partial charge in [0.25, 0.3) is 0 Å². The smallest absolute Gasteiger partial charge is 0.340 e. The van der Waals surface area contributed by atoms with Gasteiger partial charge >= 0.3 is 5.97 Å². The number of ether oxygens (including phenoxy) is 2. The lowest BCUT2D eigenvalue weighted by Gasteiger charge is -2.31. The second kappa shape index (κ2) is 6.24. The zero-order valence-corrected chi connectivity index (χ0v) is 15.4. The van der Waals surface area contributed by atoms with Crippen LogP contribution in [0.4, 0.5) is 0 Å². The van der Waals surface area contributed by atoms with E-state index in [4.69, 9.17) is 9.47 Å². The lowest BCUT2D eigenvalue weighted by atomic mass is 9.78. The van der Waals surface area contributed by atoms with Gasteiger partial charge in [0.05, 0.1) is 12.7 Å². The van der Waals surface area contributed by atoms with E-state index in [1.54, 1.807) is 7.11 Å². The van der Waals surface area contributed by atoms with Crippen LogP contribution in [-0.2, 0) is 10.3 Å². The molecule has 28 heavy (non-hydrogen) atoms. The Labute approximate surface area is 163 Å². The van der Waals surface area contributed by atoms with Crippen LogP contribution >= 0.6 is 0 Å². The summed E-state index contributed by atoms with van der Waals surface area (Å²) >= 11 is 0. The van der Waals surface area contributed by atoms with Crippen LogP contribution in [-0.4, -0.2) is 13.1 Å². The van der Waals surface area contributed by atoms with Gasteiger partial charge in [-0.25, -0.2) is 4.79 Å². The van der Waals surface area contributed by atoms with Gasteiger partial charge in [-0.15, -0.1) is 0 Å². The summed E-state index contributed by atoms with van der Waals surface area (Å²) in [5, 5.41) is 1.98. The number of benzene rings is 4. The quantitative estimate of drug-likeness (QED) is 0.461. The van der Waals surface area contributed by atoms with Gasteiger partial charge in [0.1, 0.15) is 5.75 Å². The summed E-state index contributed by atoms with van der Waals surface area (Å²) < 4.78 is 11.8. The first kappa shape index (κ1) is 16.6. The Bertz CT molecular complexity index is 1200. The molecule has 0 spiro atoms. The normalized spacial score (nSPS) is 18.0. The van der Waals surface area contributed by atoms with Crippen molar-refractivity contribution in [2.45, 2.75) is 5.60 Å². The average Bonchev–Trinajstić information content (AvgIpc) is 3.07. The fourth-order valence-corrected chi connectivity index (χ4v) is 4.22. The topological polar surface area (TPSA) is 35.5 Å². The van der Waals surface area contributed by atoms with Crippen LogP contribution in [0.25, 0.3) is 10.8 Å². The number of rotatable bonds is 3. The molecular formula is C25H18O3. The van der Waals surface area contributed by atoms with E-state index in [-0.39, 0.29) is 5.97 Å². The first-order valence-corrected chi connectivity index (χ1v) is 9.20. The first-order valence-electron chi connectivity index (χ1n) is 9.20. The molecule has 4 aromatic rings. The maximum absolute atomic E-state index is 12.8. The van der Waals surface area contributed by atoms with Crippen LogP contribution in [0, 0.1) is 0 Å². The molecule has 0 aliphatic carbocycles. The third kappa shape index (κ3) is 2.20. The maximum Gasteiger partial charge on any atom is 0.340 e. The minimum atomic E-state index is -0.999. The van der Waals surface area contributed by atoms with Crippen LogP contribution < -0.4 is 4.74 Å². The van der Waals surface area contributed by atoms with Crippen LogP contribution in [0.15, 0.2) is 91.0 Å². The van der Waals surface area contributed by atoms with Crippen molar-refractivity contribution in [1.29, 1.82) is 0 Å². The SMILES string of the molecule is COc1ccc([C@]2(c3ccccc3)OC(=O)c3ccccc32)c2ccccc12. The molecule has 1 aliphatic heterocycles. The van der Waals surface area contributed by atoms with E-state index in [9.17, 15) is 4.79 Å². The average molecular weight is 366 g/mol. The van der Waals surface area contributed by atoms with Gasteiger partial charge in [-0.1, -0.05) is 72.8 Å². The Balaban J connectivity index is 1.92. The van der Waals surface area contributed by atoms with E-state index < -0.39 is 5.60 Å².